The fourth-order valence-electron chi connectivity index (χ4n) is 4.17. The highest BCUT2D eigenvalue weighted by atomic mass is 127. The van der Waals surface area contributed by atoms with Gasteiger partial charge in [-0.25, -0.2) is 4.98 Å². The topological polar surface area (TPSA) is 104 Å². The van der Waals surface area contributed by atoms with Crippen LogP contribution in [0, 0.1) is 5.92 Å². The predicted octanol–water partition coefficient (Wildman–Crippen LogP) is 2.55. The molecule has 3 atom stereocenters. The highest BCUT2D eigenvalue weighted by Gasteiger charge is 2.37. The number of nitrogens with zero attached hydrogens (tertiary/aromatic N) is 3. The zero-order valence-electron chi connectivity index (χ0n) is 20.7. The lowest BCUT2D eigenvalue weighted by atomic mass is 10.0. The number of alkyl halides is 1. The molecular weight excluding hydrogens is 593 g/mol. The van der Waals surface area contributed by atoms with Crippen molar-refractivity contribution in [3.63, 3.8) is 0 Å². The monoisotopic (exact) mass is 625 g/mol. The zero-order valence-corrected chi connectivity index (χ0v) is 23.7. The van der Waals surface area contributed by atoms with Gasteiger partial charge in [-0.1, -0.05) is 26.0 Å². The number of aromatic nitrogens is 1. The number of halogens is 1. The molecule has 1 aromatic carbocycles. The summed E-state index contributed by atoms with van der Waals surface area (Å²) < 4.78 is 4.89. The highest BCUT2D eigenvalue weighted by molar-refractivity contribution is 14.1. The number of thiazole rings is 1. The van der Waals surface area contributed by atoms with Crippen molar-refractivity contribution < 1.29 is 19.1 Å². The normalized spacial score (nSPS) is 21.6. The van der Waals surface area contributed by atoms with Crippen LogP contribution in [0.25, 0.3) is 11.3 Å². The van der Waals surface area contributed by atoms with Gasteiger partial charge in [0, 0.05) is 42.7 Å². The second-order valence-corrected chi connectivity index (χ2v) is 11.7. The number of rotatable bonds is 8. The average Bonchev–Trinajstić information content (AvgIpc) is 3.47. The summed E-state index contributed by atoms with van der Waals surface area (Å²) in [5, 5.41) is 8.66. The van der Waals surface area contributed by atoms with E-state index in [0.29, 0.717) is 12.0 Å². The maximum Gasteiger partial charge on any atom is 0.251 e. The Morgan fingerprint density at radius 1 is 1.19 bits per heavy atom. The smallest absolute Gasteiger partial charge is 0.251 e. The summed E-state index contributed by atoms with van der Waals surface area (Å²) in [6.07, 6.45) is 0.456. The number of carbonyl (C=O) groups is 3. The van der Waals surface area contributed by atoms with Crippen molar-refractivity contribution in [2.24, 2.45) is 5.92 Å². The van der Waals surface area contributed by atoms with Crippen LogP contribution in [0.4, 0.5) is 5.13 Å². The maximum atomic E-state index is 13.0. The Balaban J connectivity index is 1.39. The Bertz CT molecular complexity index is 1080. The molecule has 0 aliphatic carbocycles. The van der Waals surface area contributed by atoms with E-state index in [0.717, 1.165) is 42.6 Å². The number of likely N-dealkylation sites (N-methyl/N-ethyl adjacent to an activating group) is 1. The van der Waals surface area contributed by atoms with E-state index in [2.05, 4.69) is 27.5 Å². The standard InChI is InChI=1S/C25H32IN5O4S/c1-15(2)12-18(24(34)29-21-20(32)13-35-22(21)26)27-23(33)17-6-4-16(5-7-17)19-14-36-25(28-19)31-10-8-30(3)9-11-31/h4-7,14-15,18,21-22H,8-13H2,1-3H3,(H,27,33)(H,29,34)/t18-,21+,22+/m0/s1. The number of anilines is 1. The van der Waals surface area contributed by atoms with E-state index in [9.17, 15) is 14.4 Å². The predicted molar refractivity (Wildman–Crippen MR) is 149 cm³/mol. The van der Waals surface area contributed by atoms with Crippen LogP contribution in [0.3, 0.4) is 0 Å². The summed E-state index contributed by atoms with van der Waals surface area (Å²) >= 11 is 3.63. The molecule has 2 aliphatic heterocycles. The minimum Gasteiger partial charge on any atom is -0.357 e. The minimum atomic E-state index is -0.751. The van der Waals surface area contributed by atoms with Gasteiger partial charge < -0.3 is 25.2 Å². The number of hydrogen-bond acceptors (Lipinski definition) is 8. The first-order chi connectivity index (χ1) is 17.2. The first-order valence-electron chi connectivity index (χ1n) is 12.1. The lowest BCUT2D eigenvalue weighted by molar-refractivity contribution is -0.127. The van der Waals surface area contributed by atoms with Crippen molar-refractivity contribution in [2.45, 2.75) is 36.5 Å². The summed E-state index contributed by atoms with van der Waals surface area (Å²) in [5.41, 5.74) is 2.28. The van der Waals surface area contributed by atoms with Crippen LogP contribution >= 0.6 is 33.9 Å². The molecule has 2 N–H and O–H groups in total. The van der Waals surface area contributed by atoms with Gasteiger partial charge in [0.15, 0.2) is 10.9 Å². The van der Waals surface area contributed by atoms with Crippen LogP contribution in [0.1, 0.15) is 30.6 Å². The zero-order chi connectivity index (χ0) is 25.8. The fourth-order valence-corrected chi connectivity index (χ4v) is 5.82. The van der Waals surface area contributed by atoms with Gasteiger partial charge >= 0.3 is 0 Å². The van der Waals surface area contributed by atoms with E-state index in [4.69, 9.17) is 9.72 Å². The molecule has 2 fully saturated rings. The van der Waals surface area contributed by atoms with Crippen molar-refractivity contribution in [2.75, 3.05) is 44.7 Å². The SMILES string of the molecule is CC(C)C[C@H](NC(=O)c1ccc(-c2csc(N3CCN(C)CC3)n2)cc1)C(=O)N[C@@H]1C(=O)CO[C@H]1I. The number of ether oxygens (including phenoxy) is 1. The Morgan fingerprint density at radius 3 is 2.50 bits per heavy atom. The number of Topliss-reactive ketones (excluding diaryl/α,β-unsaturated/α-hetero) is 1. The van der Waals surface area contributed by atoms with Gasteiger partial charge in [0.25, 0.3) is 5.91 Å². The summed E-state index contributed by atoms with van der Waals surface area (Å²) in [5.74, 6) is -0.698. The molecule has 2 aromatic rings. The Morgan fingerprint density at radius 2 is 1.89 bits per heavy atom. The Kier molecular flexibility index (Phi) is 8.96. The van der Waals surface area contributed by atoms with E-state index in [1.165, 1.54) is 0 Å². The van der Waals surface area contributed by atoms with E-state index in [-0.39, 0.29) is 30.1 Å². The van der Waals surface area contributed by atoms with Crippen LogP contribution in [-0.4, -0.2) is 83.5 Å². The lowest BCUT2D eigenvalue weighted by Crippen LogP contribution is -2.52. The Hall–Kier alpha value is -2.09. The molecule has 3 heterocycles. The van der Waals surface area contributed by atoms with Crippen molar-refractivity contribution in [1.82, 2.24) is 20.5 Å². The number of ketones is 1. The second-order valence-electron chi connectivity index (χ2n) is 9.65. The van der Waals surface area contributed by atoms with Crippen molar-refractivity contribution in [3.05, 3.63) is 35.2 Å². The van der Waals surface area contributed by atoms with Gasteiger partial charge in [0.05, 0.1) is 5.69 Å². The maximum absolute atomic E-state index is 13.0. The first-order valence-corrected chi connectivity index (χ1v) is 14.2. The molecule has 11 heteroatoms. The third kappa shape index (κ3) is 6.61. The second kappa shape index (κ2) is 12.0. The Labute approximate surface area is 229 Å². The van der Waals surface area contributed by atoms with Gasteiger partial charge in [-0.05, 0) is 54.1 Å². The molecule has 0 bridgehead atoms. The molecular formula is C25H32IN5O4S. The lowest BCUT2D eigenvalue weighted by Gasteiger charge is -2.32. The first kappa shape index (κ1) is 27.0. The molecule has 0 saturated carbocycles. The van der Waals surface area contributed by atoms with Crippen LogP contribution in [-0.2, 0) is 14.3 Å². The minimum absolute atomic E-state index is 0.0119. The summed E-state index contributed by atoms with van der Waals surface area (Å²) in [7, 11) is 2.13. The molecule has 2 amide bonds. The molecule has 0 unspecified atom stereocenters. The molecule has 0 radical (unpaired) electrons. The quantitative estimate of drug-likeness (QED) is 0.344. The van der Waals surface area contributed by atoms with Crippen LogP contribution in [0.2, 0.25) is 0 Å². The summed E-state index contributed by atoms with van der Waals surface area (Å²) in [6.45, 7) is 7.94. The van der Waals surface area contributed by atoms with Gasteiger partial charge in [0.2, 0.25) is 5.91 Å². The number of amides is 2. The molecule has 2 aliphatic rings. The van der Waals surface area contributed by atoms with Crippen molar-refractivity contribution in [3.8, 4) is 11.3 Å². The molecule has 1 aromatic heterocycles. The van der Waals surface area contributed by atoms with Gasteiger partial charge in [-0.3, -0.25) is 14.4 Å². The summed E-state index contributed by atoms with van der Waals surface area (Å²) in [6, 6.07) is 5.81. The molecule has 0 spiro atoms. The van der Waals surface area contributed by atoms with Gasteiger partial charge in [0.1, 0.15) is 22.8 Å². The fraction of sp³-hybridized carbons (Fsp3) is 0.520. The van der Waals surface area contributed by atoms with Gasteiger partial charge in [-0.2, -0.15) is 0 Å². The summed E-state index contributed by atoms with van der Waals surface area (Å²) in [4.78, 5) is 47.4. The molecule has 36 heavy (non-hydrogen) atoms. The van der Waals surface area contributed by atoms with Crippen LogP contribution in [0.15, 0.2) is 29.6 Å². The number of hydrogen-bond donors (Lipinski definition) is 2. The van der Waals surface area contributed by atoms with Crippen molar-refractivity contribution >= 4 is 56.7 Å². The third-order valence-electron chi connectivity index (χ3n) is 6.33. The van der Waals surface area contributed by atoms with Crippen LogP contribution in [0.5, 0.6) is 0 Å². The van der Waals surface area contributed by atoms with Gasteiger partial charge in [-0.15, -0.1) is 11.3 Å². The third-order valence-corrected chi connectivity index (χ3v) is 8.31. The molecule has 9 nitrogen and oxygen atoms in total. The van der Waals surface area contributed by atoms with E-state index in [1.807, 2.05) is 54.0 Å². The molecule has 4 rings (SSSR count). The van der Waals surface area contributed by atoms with Crippen LogP contribution < -0.4 is 15.5 Å². The molecule has 194 valence electrons. The average molecular weight is 626 g/mol. The number of benzene rings is 1. The van der Waals surface area contributed by atoms with E-state index >= 15 is 0 Å². The number of carbonyl (C=O) groups excluding carboxylic acids is 3. The number of piperazine rings is 1. The van der Waals surface area contributed by atoms with E-state index < -0.39 is 16.2 Å². The van der Waals surface area contributed by atoms with Crippen molar-refractivity contribution in [1.29, 1.82) is 0 Å². The number of nitrogens with one attached hydrogen (secondary N) is 2. The highest BCUT2D eigenvalue weighted by Crippen LogP contribution is 2.28. The van der Waals surface area contributed by atoms with E-state index in [1.54, 1.807) is 23.5 Å². The molecule has 2 saturated heterocycles. The largest absolute Gasteiger partial charge is 0.357 e.